The minimum atomic E-state index is -1.16. The number of nitrogens with zero attached hydrogens (tertiary/aromatic N) is 3. The van der Waals surface area contributed by atoms with Gasteiger partial charge in [-0.1, -0.05) is 56.3 Å². The fourth-order valence-electron chi connectivity index (χ4n) is 5.33. The summed E-state index contributed by atoms with van der Waals surface area (Å²) in [6.45, 7) is 9.32. The van der Waals surface area contributed by atoms with E-state index < -0.39 is 74.1 Å². The highest BCUT2D eigenvalue weighted by Gasteiger charge is 2.40. The smallest absolute Gasteiger partial charge is 0.208 e. The van der Waals surface area contributed by atoms with Gasteiger partial charge in [0, 0.05) is 5.41 Å². The lowest BCUT2D eigenvalue weighted by Crippen LogP contribution is -2.30. The van der Waals surface area contributed by atoms with Crippen LogP contribution in [0.15, 0.2) is 61.2 Å². The quantitative estimate of drug-likeness (QED) is 0.0591. The molecule has 0 unspecified atom stereocenters. The first-order valence-electron chi connectivity index (χ1n) is 13.4. The topological polar surface area (TPSA) is 211 Å². The number of anilines is 3. The molecule has 1 aliphatic rings. The summed E-state index contributed by atoms with van der Waals surface area (Å²) in [5.74, 6) is -9.27. The maximum Gasteiger partial charge on any atom is 0.208 e. The Balaban J connectivity index is 0.00000128. The predicted molar refractivity (Wildman–Crippen MR) is 168 cm³/mol. The Labute approximate surface area is 260 Å². The molecule has 0 atom stereocenters. The number of rotatable bonds is 3. The molecule has 6 rings (SSSR count). The van der Waals surface area contributed by atoms with Crippen LogP contribution in [0, 0.1) is 0 Å². The molecule has 0 fully saturated rings. The molecule has 232 valence electrons. The Morgan fingerprint density at radius 2 is 1.04 bits per heavy atom. The molecular formula is C32H29N3O9S. The third kappa shape index (κ3) is 4.52. The maximum atomic E-state index is 11.3. The van der Waals surface area contributed by atoms with Crippen molar-refractivity contribution in [3.8, 4) is 73.7 Å². The second-order valence-corrected chi connectivity index (χ2v) is 11.3. The first-order chi connectivity index (χ1) is 21.3. The molecule has 4 aromatic carbocycles. The summed E-state index contributed by atoms with van der Waals surface area (Å²) in [6, 6.07) is 14.7. The monoisotopic (exact) mass is 631 g/mol. The van der Waals surface area contributed by atoms with Crippen LogP contribution in [0.4, 0.5) is 17.1 Å². The molecule has 45 heavy (non-hydrogen) atoms. The van der Waals surface area contributed by atoms with Gasteiger partial charge < -0.3 is 50.9 Å². The van der Waals surface area contributed by atoms with Gasteiger partial charge in [0.25, 0.3) is 0 Å². The zero-order valence-corrected chi connectivity index (χ0v) is 25.0. The molecule has 0 aliphatic carbocycles. The second-order valence-electron chi connectivity index (χ2n) is 10.6. The Morgan fingerprint density at radius 1 is 0.644 bits per heavy atom. The van der Waals surface area contributed by atoms with E-state index in [2.05, 4.69) is 15.9 Å². The van der Waals surface area contributed by atoms with Gasteiger partial charge in [-0.2, -0.15) is 4.37 Å². The molecule has 9 N–H and O–H groups in total. The predicted octanol–water partition coefficient (Wildman–Crippen LogP) is 6.52. The Bertz CT molecular complexity index is 1880. The summed E-state index contributed by atoms with van der Waals surface area (Å²) in [4.78, 5) is 5.58. The summed E-state index contributed by atoms with van der Waals surface area (Å²) in [7, 11) is 0. The van der Waals surface area contributed by atoms with Crippen molar-refractivity contribution in [1.82, 2.24) is 9.36 Å². The van der Waals surface area contributed by atoms with Crippen molar-refractivity contribution >= 4 is 28.6 Å². The highest BCUT2D eigenvalue weighted by atomic mass is 32.1. The molecule has 13 heteroatoms. The van der Waals surface area contributed by atoms with Gasteiger partial charge in [0.15, 0.2) is 45.3 Å². The second kappa shape index (κ2) is 11.0. The fraction of sp³-hybridized carbons (Fsp3) is 0.125. The van der Waals surface area contributed by atoms with Gasteiger partial charge in [0.05, 0.1) is 11.4 Å². The van der Waals surface area contributed by atoms with Crippen LogP contribution in [-0.2, 0) is 5.41 Å². The molecule has 0 saturated heterocycles. The largest absolute Gasteiger partial charge is 0.504 e. The van der Waals surface area contributed by atoms with Gasteiger partial charge in [-0.25, -0.2) is 4.98 Å². The molecular weight excluding hydrogens is 602 g/mol. The van der Waals surface area contributed by atoms with Crippen molar-refractivity contribution in [2.24, 2.45) is 0 Å². The molecule has 0 amide bonds. The number of benzene rings is 4. The third-order valence-corrected chi connectivity index (χ3v) is 8.20. The van der Waals surface area contributed by atoms with Crippen LogP contribution in [0.3, 0.4) is 0 Å². The average Bonchev–Trinajstić information content (AvgIpc) is 3.49. The molecule has 12 nitrogen and oxygen atoms in total. The van der Waals surface area contributed by atoms with Crippen LogP contribution in [0.25, 0.3) is 22.0 Å². The molecule has 1 aliphatic heterocycles. The van der Waals surface area contributed by atoms with Gasteiger partial charge >= 0.3 is 0 Å². The van der Waals surface area contributed by atoms with E-state index in [1.54, 1.807) is 30.3 Å². The van der Waals surface area contributed by atoms with Crippen molar-refractivity contribution < 1.29 is 46.0 Å². The minimum Gasteiger partial charge on any atom is -0.504 e. The number of phenolic OH excluding ortho intramolecular Hbond substituents is 9. The number of aromatic hydroxyl groups is 9. The maximum absolute atomic E-state index is 11.3. The molecule has 0 radical (unpaired) electrons. The number of phenols is 9. The van der Waals surface area contributed by atoms with Gasteiger partial charge in [0.2, 0.25) is 17.2 Å². The zero-order chi connectivity index (χ0) is 33.0. The zero-order valence-electron chi connectivity index (χ0n) is 24.2. The number of hydrogen-bond donors (Lipinski definition) is 9. The van der Waals surface area contributed by atoms with Crippen molar-refractivity contribution in [3.63, 3.8) is 0 Å². The summed E-state index contributed by atoms with van der Waals surface area (Å²) < 4.78 is 3.99. The van der Waals surface area contributed by atoms with Crippen LogP contribution < -0.4 is 4.90 Å². The van der Waals surface area contributed by atoms with Crippen LogP contribution >= 0.6 is 11.5 Å². The summed E-state index contributed by atoms with van der Waals surface area (Å²) in [6.07, 6.45) is 1.75. The summed E-state index contributed by atoms with van der Waals surface area (Å²) in [5.41, 5.74) is 0.960. The average molecular weight is 632 g/mol. The van der Waals surface area contributed by atoms with Gasteiger partial charge in [-0.3, -0.25) is 0 Å². The van der Waals surface area contributed by atoms with Gasteiger partial charge in [-0.05, 0) is 41.7 Å². The van der Waals surface area contributed by atoms with Crippen molar-refractivity contribution in [3.05, 3.63) is 72.3 Å². The molecule has 0 saturated carbocycles. The van der Waals surface area contributed by atoms with Crippen LogP contribution in [0.5, 0.6) is 51.7 Å². The highest BCUT2D eigenvalue weighted by molar-refractivity contribution is 7.09. The van der Waals surface area contributed by atoms with E-state index >= 15 is 0 Å². The van der Waals surface area contributed by atoms with Crippen molar-refractivity contribution in [2.45, 2.75) is 26.2 Å². The highest BCUT2D eigenvalue weighted by Crippen LogP contribution is 2.61. The fourth-order valence-corrected chi connectivity index (χ4v) is 6.05. The van der Waals surface area contributed by atoms with E-state index in [9.17, 15) is 46.0 Å². The van der Waals surface area contributed by atoms with Crippen molar-refractivity contribution in [1.29, 1.82) is 0 Å². The Kier molecular flexibility index (Phi) is 7.51. The van der Waals surface area contributed by atoms with Gasteiger partial charge in [0.1, 0.15) is 16.8 Å². The number of hydrogen-bond acceptors (Lipinski definition) is 13. The summed E-state index contributed by atoms with van der Waals surface area (Å²) in [5, 5.41) is 94.6. The minimum absolute atomic E-state index is 0.303. The van der Waals surface area contributed by atoms with Crippen LogP contribution in [-0.4, -0.2) is 55.3 Å². The normalized spacial score (nSPS) is 12.9. The third-order valence-electron chi connectivity index (χ3n) is 7.47. The van der Waals surface area contributed by atoms with E-state index in [0.29, 0.717) is 22.9 Å². The molecule has 1 aromatic heterocycles. The van der Waals surface area contributed by atoms with Crippen LogP contribution in [0.2, 0.25) is 0 Å². The van der Waals surface area contributed by atoms with E-state index in [4.69, 9.17) is 0 Å². The Hall–Kier alpha value is -5.82. The standard InChI is InChI=1S/C29H23N3O9S.C3H6/c1-29(2)11-7-3-5-9-13(11)32(14-10-6-4-8-12(14)29)17-22(37)18(33)15(19(34)23(17)38)27-30-28(42-31-27)16-20(35)24(39)26(41)25(40)21(16)36;1-3-2/h3-10,33-41H,1-2H3;3H,1H2,2H3. The molecule has 5 aromatic rings. The van der Waals surface area contributed by atoms with Gasteiger partial charge in [-0.15, -0.1) is 6.58 Å². The number of para-hydroxylation sites is 2. The molecule has 0 spiro atoms. The van der Waals surface area contributed by atoms with Crippen molar-refractivity contribution in [2.75, 3.05) is 4.90 Å². The molecule has 2 heterocycles. The van der Waals surface area contributed by atoms with Crippen LogP contribution in [0.1, 0.15) is 31.9 Å². The van der Waals surface area contributed by atoms with E-state index in [1.807, 2.05) is 45.0 Å². The number of allylic oxidation sites excluding steroid dienone is 1. The first-order valence-corrected chi connectivity index (χ1v) is 14.2. The first kappa shape index (κ1) is 30.6. The number of aromatic nitrogens is 2. The Morgan fingerprint density at radius 3 is 1.51 bits per heavy atom. The van der Waals surface area contributed by atoms with E-state index in [-0.39, 0.29) is 10.7 Å². The molecule has 0 bridgehead atoms. The number of fused-ring (bicyclic) bond motifs is 2. The lowest BCUT2D eigenvalue weighted by atomic mass is 9.73. The van der Waals surface area contributed by atoms with E-state index in [0.717, 1.165) is 11.1 Å². The SMILES string of the molecule is C=CC.CC1(C)c2ccccc2N(c2c(O)c(O)c(-c3nsc(-c4c(O)c(O)c(O)c(O)c4O)n3)c(O)c2O)c2ccccc21. The lowest BCUT2D eigenvalue weighted by molar-refractivity contribution is 0.330. The lowest BCUT2D eigenvalue weighted by Gasteiger charge is -2.42. The van der Waals surface area contributed by atoms with E-state index in [1.165, 1.54) is 4.90 Å². The summed E-state index contributed by atoms with van der Waals surface area (Å²) >= 11 is 0.511.